The predicted octanol–water partition coefficient (Wildman–Crippen LogP) is 4.26. The van der Waals surface area contributed by atoms with Crippen molar-refractivity contribution in [2.45, 2.75) is 38.8 Å². The Labute approximate surface area is 153 Å². The largest absolute Gasteiger partial charge is 0.328 e. The van der Waals surface area contributed by atoms with E-state index in [2.05, 4.69) is 48.6 Å². The maximum atomic E-state index is 5.62. The van der Waals surface area contributed by atoms with Gasteiger partial charge in [0.05, 0.1) is 0 Å². The highest BCUT2D eigenvalue weighted by Crippen LogP contribution is 2.02. The van der Waals surface area contributed by atoms with Crippen molar-refractivity contribution in [3.63, 3.8) is 0 Å². The molecule has 4 heteroatoms. The van der Waals surface area contributed by atoms with Crippen LogP contribution in [0.2, 0.25) is 0 Å². The minimum absolute atomic E-state index is 0. The number of nitrogens with two attached hydrogens (primary N) is 1. The van der Waals surface area contributed by atoms with E-state index in [1.807, 2.05) is 38.2 Å². The summed E-state index contributed by atoms with van der Waals surface area (Å²) < 4.78 is 0. The second kappa shape index (κ2) is 14.5. The Morgan fingerprint density at radius 2 is 1.17 bits per heavy atom. The van der Waals surface area contributed by atoms with Crippen molar-refractivity contribution in [2.24, 2.45) is 5.73 Å². The third-order valence-corrected chi connectivity index (χ3v) is 3.28. The SMILES string of the molecule is CC(N)Cc1ccccc1.CNC(C)Cc1ccccc1.Cl.Cl. The normalized spacial score (nSPS) is 11.8. The second-order valence-electron chi connectivity index (χ2n) is 5.55. The number of rotatable bonds is 5. The Morgan fingerprint density at radius 1 is 0.783 bits per heavy atom. The van der Waals surface area contributed by atoms with Gasteiger partial charge in [0.1, 0.15) is 0 Å². The van der Waals surface area contributed by atoms with Crippen LogP contribution in [-0.2, 0) is 12.8 Å². The van der Waals surface area contributed by atoms with E-state index in [0.29, 0.717) is 6.04 Å². The highest BCUT2D eigenvalue weighted by Gasteiger charge is 1.97. The van der Waals surface area contributed by atoms with Crippen molar-refractivity contribution in [1.82, 2.24) is 5.32 Å². The smallest absolute Gasteiger partial charge is 0.00761 e. The molecule has 2 unspecified atom stereocenters. The van der Waals surface area contributed by atoms with Crippen LogP contribution in [0.1, 0.15) is 25.0 Å². The fourth-order valence-electron chi connectivity index (χ4n) is 2.06. The molecule has 3 N–H and O–H groups in total. The van der Waals surface area contributed by atoms with Crippen LogP contribution in [-0.4, -0.2) is 19.1 Å². The van der Waals surface area contributed by atoms with Crippen LogP contribution in [0.15, 0.2) is 60.7 Å². The third-order valence-electron chi connectivity index (χ3n) is 3.28. The van der Waals surface area contributed by atoms with Gasteiger partial charge in [-0.3, -0.25) is 0 Å². The van der Waals surface area contributed by atoms with Gasteiger partial charge in [-0.2, -0.15) is 0 Å². The first-order valence-electron chi connectivity index (χ1n) is 7.62. The average Bonchev–Trinajstić information content (AvgIpc) is 2.49. The summed E-state index contributed by atoms with van der Waals surface area (Å²) in [5.74, 6) is 0. The topological polar surface area (TPSA) is 38.0 Å². The first-order chi connectivity index (χ1) is 10.1. The van der Waals surface area contributed by atoms with Crippen LogP contribution in [0.3, 0.4) is 0 Å². The molecule has 0 bridgehead atoms. The molecular weight excluding hydrogens is 327 g/mol. The molecule has 0 spiro atoms. The molecule has 0 radical (unpaired) electrons. The number of halogens is 2. The maximum Gasteiger partial charge on any atom is 0.00761 e. The van der Waals surface area contributed by atoms with E-state index in [9.17, 15) is 0 Å². The van der Waals surface area contributed by atoms with Crippen LogP contribution < -0.4 is 11.1 Å². The molecule has 2 rings (SSSR count). The predicted molar refractivity (Wildman–Crippen MR) is 107 cm³/mol. The van der Waals surface area contributed by atoms with E-state index >= 15 is 0 Å². The number of nitrogens with one attached hydrogen (secondary N) is 1. The van der Waals surface area contributed by atoms with Gasteiger partial charge in [-0.1, -0.05) is 60.7 Å². The van der Waals surface area contributed by atoms with E-state index in [1.54, 1.807) is 0 Å². The molecule has 0 aromatic heterocycles. The van der Waals surface area contributed by atoms with Crippen molar-refractivity contribution < 1.29 is 0 Å². The molecule has 2 nitrogen and oxygen atoms in total. The first-order valence-corrected chi connectivity index (χ1v) is 7.62. The minimum atomic E-state index is 0. The van der Waals surface area contributed by atoms with E-state index in [4.69, 9.17) is 5.73 Å². The second-order valence-corrected chi connectivity index (χ2v) is 5.55. The van der Waals surface area contributed by atoms with Crippen LogP contribution in [0.4, 0.5) is 0 Å². The molecule has 130 valence electrons. The molecule has 0 saturated carbocycles. The third kappa shape index (κ3) is 12.1. The van der Waals surface area contributed by atoms with Gasteiger partial charge in [0.15, 0.2) is 0 Å². The molecule has 2 aromatic rings. The minimum Gasteiger partial charge on any atom is -0.328 e. The summed E-state index contributed by atoms with van der Waals surface area (Å²) in [6, 6.07) is 21.7. The fraction of sp³-hybridized carbons (Fsp3) is 0.368. The summed E-state index contributed by atoms with van der Waals surface area (Å²) in [6.45, 7) is 4.21. The van der Waals surface area contributed by atoms with E-state index < -0.39 is 0 Å². The number of likely N-dealkylation sites (N-methyl/N-ethyl adjacent to an activating group) is 1. The molecule has 0 saturated heterocycles. The lowest BCUT2D eigenvalue weighted by Gasteiger charge is -2.08. The van der Waals surface area contributed by atoms with Gasteiger partial charge in [-0.05, 0) is 44.9 Å². The van der Waals surface area contributed by atoms with E-state index in [0.717, 1.165) is 12.8 Å². The van der Waals surface area contributed by atoms with E-state index in [1.165, 1.54) is 11.1 Å². The molecule has 0 fully saturated rings. The highest BCUT2D eigenvalue weighted by atomic mass is 35.5. The van der Waals surface area contributed by atoms with Crippen LogP contribution in [0, 0.1) is 0 Å². The Kier molecular flexibility index (Phi) is 15.3. The zero-order valence-corrected chi connectivity index (χ0v) is 15.9. The molecule has 0 aliphatic carbocycles. The van der Waals surface area contributed by atoms with Crippen LogP contribution >= 0.6 is 24.8 Å². The molecule has 2 aromatic carbocycles. The van der Waals surface area contributed by atoms with Gasteiger partial charge in [0.25, 0.3) is 0 Å². The van der Waals surface area contributed by atoms with Crippen molar-refractivity contribution in [2.75, 3.05) is 7.05 Å². The quantitative estimate of drug-likeness (QED) is 0.839. The summed E-state index contributed by atoms with van der Waals surface area (Å²) in [4.78, 5) is 0. The molecular formula is C19H30Cl2N2. The Morgan fingerprint density at radius 3 is 1.52 bits per heavy atom. The monoisotopic (exact) mass is 356 g/mol. The lowest BCUT2D eigenvalue weighted by molar-refractivity contribution is 0.608. The number of benzene rings is 2. The average molecular weight is 357 g/mol. The van der Waals surface area contributed by atoms with Gasteiger partial charge in [0.2, 0.25) is 0 Å². The fourth-order valence-corrected chi connectivity index (χ4v) is 2.06. The summed E-state index contributed by atoms with van der Waals surface area (Å²) in [6.07, 6.45) is 2.08. The van der Waals surface area contributed by atoms with Gasteiger partial charge in [0, 0.05) is 12.1 Å². The molecule has 0 amide bonds. The van der Waals surface area contributed by atoms with Crippen molar-refractivity contribution >= 4 is 24.8 Å². The standard InChI is InChI=1S/C10H15N.C9H13N.2ClH/c1-9(11-2)8-10-6-4-3-5-7-10;1-8(10)7-9-5-3-2-4-6-9;;/h3-7,9,11H,8H2,1-2H3;2-6,8H,7,10H2,1H3;2*1H. The summed E-state index contributed by atoms with van der Waals surface area (Å²) in [7, 11) is 1.99. The van der Waals surface area contributed by atoms with Crippen molar-refractivity contribution in [1.29, 1.82) is 0 Å². The van der Waals surface area contributed by atoms with Crippen LogP contribution in [0.25, 0.3) is 0 Å². The molecule has 0 heterocycles. The zero-order chi connectivity index (χ0) is 15.5. The van der Waals surface area contributed by atoms with Gasteiger partial charge in [-0.15, -0.1) is 24.8 Å². The molecule has 2 atom stereocenters. The number of hydrogen-bond donors (Lipinski definition) is 2. The molecule has 0 aliphatic heterocycles. The van der Waals surface area contributed by atoms with Crippen molar-refractivity contribution in [3.05, 3.63) is 71.8 Å². The summed E-state index contributed by atoms with van der Waals surface area (Å²) in [5, 5.41) is 3.21. The Bertz CT molecular complexity index is 475. The maximum absolute atomic E-state index is 5.62. The van der Waals surface area contributed by atoms with Gasteiger partial charge >= 0.3 is 0 Å². The molecule has 23 heavy (non-hydrogen) atoms. The van der Waals surface area contributed by atoms with Gasteiger partial charge in [-0.25, -0.2) is 0 Å². The lowest BCUT2D eigenvalue weighted by Crippen LogP contribution is -2.23. The van der Waals surface area contributed by atoms with Crippen LogP contribution in [0.5, 0.6) is 0 Å². The lowest BCUT2D eigenvalue weighted by atomic mass is 10.1. The summed E-state index contributed by atoms with van der Waals surface area (Å²) in [5.41, 5.74) is 8.34. The zero-order valence-electron chi connectivity index (χ0n) is 14.2. The van der Waals surface area contributed by atoms with Gasteiger partial charge < -0.3 is 11.1 Å². The van der Waals surface area contributed by atoms with Crippen molar-refractivity contribution in [3.8, 4) is 0 Å². The Hall–Kier alpha value is -1.06. The first kappa shape index (κ1) is 24.2. The number of hydrogen-bond acceptors (Lipinski definition) is 2. The Balaban J connectivity index is 0. The van der Waals surface area contributed by atoms with E-state index in [-0.39, 0.29) is 30.9 Å². The summed E-state index contributed by atoms with van der Waals surface area (Å²) >= 11 is 0. The molecule has 0 aliphatic rings. The highest BCUT2D eigenvalue weighted by molar-refractivity contribution is 5.85.